The summed E-state index contributed by atoms with van der Waals surface area (Å²) in [6.45, 7) is 11.5. The molecule has 1 atom stereocenters. The van der Waals surface area contributed by atoms with Crippen LogP contribution in [0.15, 0.2) is 28.8 Å². The van der Waals surface area contributed by atoms with Crippen molar-refractivity contribution in [3.63, 3.8) is 0 Å². The van der Waals surface area contributed by atoms with Crippen LogP contribution in [0.4, 0.5) is 0 Å². The molecule has 0 radical (unpaired) electrons. The zero-order valence-electron chi connectivity index (χ0n) is 24.3. The van der Waals surface area contributed by atoms with Gasteiger partial charge in [-0.05, 0) is 76.9 Å². The van der Waals surface area contributed by atoms with Gasteiger partial charge in [-0.1, -0.05) is 5.16 Å². The van der Waals surface area contributed by atoms with Crippen molar-refractivity contribution in [3.8, 4) is 40.7 Å². The average molecular weight is 583 g/mol. The molecule has 3 heterocycles. The highest BCUT2D eigenvalue weighted by molar-refractivity contribution is 5.85. The first-order chi connectivity index (χ1) is 20.0. The average Bonchev–Trinajstić information content (AvgIpc) is 3.43. The molecule has 4 rings (SSSR count). The van der Waals surface area contributed by atoms with Crippen molar-refractivity contribution in [2.75, 3.05) is 26.4 Å². The van der Waals surface area contributed by atoms with Crippen molar-refractivity contribution in [1.29, 1.82) is 0 Å². The van der Waals surface area contributed by atoms with Gasteiger partial charge in [0.2, 0.25) is 5.82 Å². The number of aryl methyl sites for hydroxylation is 4. The highest BCUT2D eigenvalue weighted by atomic mass is 16.5. The van der Waals surface area contributed by atoms with Crippen molar-refractivity contribution < 1.29 is 38.8 Å². The number of hydrogen-bond donors (Lipinski definition) is 3. The molecule has 0 aliphatic carbocycles. The van der Waals surface area contributed by atoms with Crippen LogP contribution in [0, 0.1) is 27.7 Å². The fourth-order valence-electron chi connectivity index (χ4n) is 3.67. The SMILES string of the molecule is CCOc1nc(C)cc(-c2nc(-c3cc(C)c(OCC(O)CO)c(C)c3)no2)n1.CCOc1nc(C)cc(C(=O)O)n1. The summed E-state index contributed by atoms with van der Waals surface area (Å²) in [6.07, 6.45) is -0.925. The van der Waals surface area contributed by atoms with Crippen LogP contribution >= 0.6 is 0 Å². The number of carbonyl (C=O) groups is 1. The molecule has 224 valence electrons. The van der Waals surface area contributed by atoms with Crippen LogP contribution in [-0.4, -0.2) is 83.9 Å². The van der Waals surface area contributed by atoms with E-state index in [2.05, 4.69) is 30.1 Å². The molecule has 3 aromatic heterocycles. The lowest BCUT2D eigenvalue weighted by molar-refractivity contribution is 0.0532. The van der Waals surface area contributed by atoms with Gasteiger partial charge in [-0.2, -0.15) is 15.0 Å². The summed E-state index contributed by atoms with van der Waals surface area (Å²) in [5.41, 5.74) is 4.23. The van der Waals surface area contributed by atoms with Crippen LogP contribution < -0.4 is 14.2 Å². The van der Waals surface area contributed by atoms with Crippen LogP contribution in [-0.2, 0) is 0 Å². The number of rotatable bonds is 11. The summed E-state index contributed by atoms with van der Waals surface area (Å²) in [4.78, 5) is 31.1. The smallest absolute Gasteiger partial charge is 0.354 e. The summed E-state index contributed by atoms with van der Waals surface area (Å²) in [5.74, 6) is 0.264. The Morgan fingerprint density at radius 1 is 0.857 bits per heavy atom. The molecule has 0 aliphatic rings. The molecule has 42 heavy (non-hydrogen) atoms. The second-order valence-corrected chi connectivity index (χ2v) is 9.04. The number of ether oxygens (including phenoxy) is 3. The van der Waals surface area contributed by atoms with Gasteiger partial charge in [0.05, 0.1) is 19.8 Å². The van der Waals surface area contributed by atoms with Crippen LogP contribution in [0.5, 0.6) is 17.8 Å². The molecule has 14 nitrogen and oxygen atoms in total. The number of aliphatic hydroxyl groups is 2. The van der Waals surface area contributed by atoms with E-state index in [9.17, 15) is 9.90 Å². The molecule has 0 aliphatic heterocycles. The predicted octanol–water partition coefficient (Wildman–Crippen LogP) is 3.13. The van der Waals surface area contributed by atoms with Gasteiger partial charge in [0, 0.05) is 17.0 Å². The molecule has 0 saturated carbocycles. The highest BCUT2D eigenvalue weighted by Gasteiger charge is 2.17. The molecule has 0 spiro atoms. The van der Waals surface area contributed by atoms with Crippen molar-refractivity contribution in [3.05, 3.63) is 52.5 Å². The summed E-state index contributed by atoms with van der Waals surface area (Å²) in [6, 6.07) is 7.27. The van der Waals surface area contributed by atoms with Crippen LogP contribution in [0.25, 0.3) is 23.0 Å². The minimum Gasteiger partial charge on any atom is -0.490 e. The first-order valence-electron chi connectivity index (χ1n) is 13.1. The second kappa shape index (κ2) is 14.8. The van der Waals surface area contributed by atoms with Crippen molar-refractivity contribution in [2.24, 2.45) is 0 Å². The third kappa shape index (κ3) is 8.65. The third-order valence-corrected chi connectivity index (χ3v) is 5.43. The number of benzene rings is 1. The van der Waals surface area contributed by atoms with Gasteiger partial charge in [-0.15, -0.1) is 0 Å². The van der Waals surface area contributed by atoms with Gasteiger partial charge in [-0.25, -0.2) is 14.8 Å². The Morgan fingerprint density at radius 3 is 2.02 bits per heavy atom. The van der Waals surface area contributed by atoms with Gasteiger partial charge in [-0.3, -0.25) is 0 Å². The fraction of sp³-hybridized carbons (Fsp3) is 0.393. The van der Waals surface area contributed by atoms with Gasteiger partial charge < -0.3 is 34.1 Å². The molecule has 0 fully saturated rings. The Morgan fingerprint density at radius 2 is 1.45 bits per heavy atom. The van der Waals surface area contributed by atoms with Crippen LogP contribution in [0.3, 0.4) is 0 Å². The Labute approximate surface area is 242 Å². The molecule has 0 bridgehead atoms. The van der Waals surface area contributed by atoms with E-state index in [-0.39, 0.29) is 36.8 Å². The fourth-order valence-corrected chi connectivity index (χ4v) is 3.67. The van der Waals surface area contributed by atoms with Gasteiger partial charge in [0.25, 0.3) is 5.89 Å². The number of aromatic carboxylic acids is 1. The molecule has 4 aromatic rings. The number of aromatic nitrogens is 6. The van der Waals surface area contributed by atoms with E-state index in [1.165, 1.54) is 6.07 Å². The van der Waals surface area contributed by atoms with E-state index in [4.69, 9.17) is 28.9 Å². The number of carboxylic acid groups (broad SMARTS) is 1. The third-order valence-electron chi connectivity index (χ3n) is 5.43. The van der Waals surface area contributed by atoms with E-state index in [0.29, 0.717) is 36.2 Å². The summed E-state index contributed by atoms with van der Waals surface area (Å²) in [5, 5.41) is 31.1. The maximum atomic E-state index is 10.6. The minimum atomic E-state index is -1.08. The second-order valence-electron chi connectivity index (χ2n) is 9.04. The highest BCUT2D eigenvalue weighted by Crippen LogP contribution is 2.30. The first kappa shape index (κ1) is 31.8. The molecular formula is C28H34N6O8. The van der Waals surface area contributed by atoms with Crippen LogP contribution in [0.1, 0.15) is 46.9 Å². The van der Waals surface area contributed by atoms with E-state index in [0.717, 1.165) is 22.4 Å². The number of hydrogen-bond acceptors (Lipinski definition) is 13. The van der Waals surface area contributed by atoms with Gasteiger partial charge in [0.1, 0.15) is 24.2 Å². The number of carboxylic acids is 1. The van der Waals surface area contributed by atoms with E-state index >= 15 is 0 Å². The summed E-state index contributed by atoms with van der Waals surface area (Å²) < 4.78 is 21.4. The van der Waals surface area contributed by atoms with Crippen LogP contribution in [0.2, 0.25) is 0 Å². The zero-order chi connectivity index (χ0) is 30.8. The zero-order valence-corrected chi connectivity index (χ0v) is 24.3. The van der Waals surface area contributed by atoms with Crippen molar-refractivity contribution in [2.45, 2.75) is 47.6 Å². The van der Waals surface area contributed by atoms with Crippen molar-refractivity contribution >= 4 is 5.97 Å². The molecule has 3 N–H and O–H groups in total. The summed E-state index contributed by atoms with van der Waals surface area (Å²) in [7, 11) is 0. The lowest BCUT2D eigenvalue weighted by atomic mass is 10.1. The number of aliphatic hydroxyl groups excluding tert-OH is 2. The number of nitrogens with zero attached hydrogens (tertiary/aromatic N) is 6. The van der Waals surface area contributed by atoms with E-state index < -0.39 is 12.1 Å². The molecule has 14 heteroatoms. The summed E-state index contributed by atoms with van der Waals surface area (Å²) >= 11 is 0. The Hall–Kier alpha value is -4.69. The predicted molar refractivity (Wildman–Crippen MR) is 150 cm³/mol. The lowest BCUT2D eigenvalue weighted by Crippen LogP contribution is -2.21. The normalized spacial score (nSPS) is 11.3. The topological polar surface area (TPSA) is 196 Å². The monoisotopic (exact) mass is 582 g/mol. The van der Waals surface area contributed by atoms with Crippen molar-refractivity contribution in [1.82, 2.24) is 30.1 Å². The van der Waals surface area contributed by atoms with Gasteiger partial charge >= 0.3 is 18.0 Å². The lowest BCUT2D eigenvalue weighted by Gasteiger charge is -2.15. The van der Waals surface area contributed by atoms with Gasteiger partial charge in [0.15, 0.2) is 5.69 Å². The minimum absolute atomic E-state index is 0.0130. The maximum absolute atomic E-state index is 10.6. The Balaban J connectivity index is 0.000000312. The molecule has 1 aromatic carbocycles. The molecule has 0 amide bonds. The van der Waals surface area contributed by atoms with E-state index in [1.807, 2.05) is 39.8 Å². The first-order valence-corrected chi connectivity index (χ1v) is 13.1. The molecule has 1 unspecified atom stereocenters. The Kier molecular flexibility index (Phi) is 11.2. The quantitative estimate of drug-likeness (QED) is 0.233. The largest absolute Gasteiger partial charge is 0.490 e. The molecule has 0 saturated heterocycles. The Bertz CT molecular complexity index is 1490. The standard InChI is InChI=1S/C20H24N4O5.C8H10N2O3/c1-5-27-20-21-13(4)8-16(22-20)19-23-18(24-29-19)14-6-11(2)17(12(3)7-14)28-10-15(26)9-25;1-3-13-8-9-5(2)4-6(10-8)7(11)12/h6-8,15,25-26H,5,9-10H2,1-4H3;4H,3H2,1-2H3,(H,11,12). The molecular weight excluding hydrogens is 548 g/mol. The van der Waals surface area contributed by atoms with E-state index in [1.54, 1.807) is 19.9 Å². The maximum Gasteiger partial charge on any atom is 0.354 e.